The monoisotopic (exact) mass is 215 g/mol. The Kier molecular flexibility index (Phi) is 2.50. The summed E-state index contributed by atoms with van der Waals surface area (Å²) in [6.07, 6.45) is 16.4. The molecule has 0 unspecified atom stereocenters. The van der Waals surface area contributed by atoms with E-state index in [4.69, 9.17) is 25.0 Å². The highest BCUT2D eigenvalue weighted by molar-refractivity contribution is 5.98. The van der Waals surface area contributed by atoms with Crippen LogP contribution in [0.1, 0.15) is 16.7 Å². The summed E-state index contributed by atoms with van der Waals surface area (Å²) in [6.45, 7) is 0. The lowest BCUT2D eigenvalue weighted by Crippen LogP contribution is -1.92. The van der Waals surface area contributed by atoms with Crippen molar-refractivity contribution in [2.75, 3.05) is 5.73 Å². The van der Waals surface area contributed by atoms with Gasteiger partial charge in [0, 0.05) is 33.2 Å². The second-order valence-corrected chi connectivity index (χ2v) is 3.58. The average molecular weight is 215 g/mol. The van der Waals surface area contributed by atoms with Crippen molar-refractivity contribution in [3.8, 4) is 37.0 Å². The third kappa shape index (κ3) is 1.59. The fourth-order valence-electron chi connectivity index (χ4n) is 1.87. The van der Waals surface area contributed by atoms with E-state index in [2.05, 4.69) is 17.8 Å². The molecule has 17 heavy (non-hydrogen) atoms. The van der Waals surface area contributed by atoms with Crippen LogP contribution >= 0.6 is 0 Å². The zero-order valence-electron chi connectivity index (χ0n) is 9.12. The number of terminal acetylenes is 3. The van der Waals surface area contributed by atoms with Gasteiger partial charge in [-0.15, -0.1) is 19.3 Å². The Hall–Kier alpha value is -2.82. The lowest BCUT2D eigenvalue weighted by Gasteiger charge is -2.08. The molecule has 0 saturated heterocycles. The number of hydrogen-bond acceptors (Lipinski definition) is 1. The summed E-state index contributed by atoms with van der Waals surface area (Å²) in [4.78, 5) is 0. The van der Waals surface area contributed by atoms with Crippen LogP contribution in [0.25, 0.3) is 10.8 Å². The maximum atomic E-state index is 5.80. The van der Waals surface area contributed by atoms with Crippen molar-refractivity contribution in [3.63, 3.8) is 0 Å². The van der Waals surface area contributed by atoms with Crippen molar-refractivity contribution in [1.29, 1.82) is 0 Å². The van der Waals surface area contributed by atoms with Crippen LogP contribution in [0.5, 0.6) is 0 Å². The van der Waals surface area contributed by atoms with Crippen molar-refractivity contribution in [1.82, 2.24) is 0 Å². The molecular weight excluding hydrogens is 206 g/mol. The Morgan fingerprint density at radius 3 is 2.00 bits per heavy atom. The molecular formula is C16H9N. The van der Waals surface area contributed by atoms with Gasteiger partial charge in [0.15, 0.2) is 0 Å². The Bertz CT molecular complexity index is 731. The molecule has 0 fully saturated rings. The molecule has 2 rings (SSSR count). The van der Waals surface area contributed by atoms with Crippen LogP contribution in [0, 0.1) is 37.0 Å². The SMILES string of the molecule is C#Cc1ccc(C#C)c2c(C#C)cc(N)cc12. The number of hydrogen-bond donors (Lipinski definition) is 1. The summed E-state index contributed by atoms with van der Waals surface area (Å²) in [5.74, 6) is 7.81. The molecule has 2 aromatic rings. The van der Waals surface area contributed by atoms with Crippen molar-refractivity contribution in [2.45, 2.75) is 0 Å². The smallest absolute Gasteiger partial charge is 0.0354 e. The number of fused-ring (bicyclic) bond motifs is 1. The van der Waals surface area contributed by atoms with Crippen molar-refractivity contribution < 1.29 is 0 Å². The molecule has 0 heterocycles. The van der Waals surface area contributed by atoms with Gasteiger partial charge < -0.3 is 5.73 Å². The first-order valence-electron chi connectivity index (χ1n) is 4.97. The van der Waals surface area contributed by atoms with E-state index in [9.17, 15) is 0 Å². The van der Waals surface area contributed by atoms with Crippen LogP contribution < -0.4 is 5.73 Å². The van der Waals surface area contributed by atoms with Gasteiger partial charge >= 0.3 is 0 Å². The first kappa shape index (κ1) is 10.7. The first-order valence-corrected chi connectivity index (χ1v) is 4.97. The van der Waals surface area contributed by atoms with Gasteiger partial charge in [-0.3, -0.25) is 0 Å². The molecule has 0 amide bonds. The number of rotatable bonds is 0. The van der Waals surface area contributed by atoms with Crippen LogP contribution in [0.3, 0.4) is 0 Å². The Balaban J connectivity index is 3.09. The minimum Gasteiger partial charge on any atom is -0.399 e. The van der Waals surface area contributed by atoms with E-state index in [-0.39, 0.29) is 0 Å². The number of nitrogens with two attached hydrogens (primary N) is 1. The van der Waals surface area contributed by atoms with Crippen LogP contribution in [0.15, 0.2) is 24.3 Å². The summed E-state index contributed by atoms with van der Waals surface area (Å²) < 4.78 is 0. The maximum Gasteiger partial charge on any atom is 0.0354 e. The molecule has 0 aliphatic rings. The fourth-order valence-corrected chi connectivity index (χ4v) is 1.87. The molecule has 2 N–H and O–H groups in total. The summed E-state index contributed by atoms with van der Waals surface area (Å²) in [5.41, 5.74) is 8.52. The topological polar surface area (TPSA) is 26.0 Å². The summed E-state index contributed by atoms with van der Waals surface area (Å²) >= 11 is 0. The molecule has 1 nitrogen and oxygen atoms in total. The predicted molar refractivity (Wildman–Crippen MR) is 72.2 cm³/mol. The number of nitrogen functional groups attached to an aromatic ring is 1. The van der Waals surface area contributed by atoms with E-state index in [0.717, 1.165) is 21.9 Å². The lowest BCUT2D eigenvalue weighted by molar-refractivity contribution is 1.63. The Morgan fingerprint density at radius 1 is 0.824 bits per heavy atom. The Labute approximate surface area is 101 Å². The molecule has 0 radical (unpaired) electrons. The third-order valence-electron chi connectivity index (χ3n) is 2.60. The van der Waals surface area contributed by atoms with Gasteiger partial charge in [0.05, 0.1) is 0 Å². The van der Waals surface area contributed by atoms with Gasteiger partial charge in [0.25, 0.3) is 0 Å². The molecule has 78 valence electrons. The Morgan fingerprint density at radius 2 is 1.41 bits per heavy atom. The standard InChI is InChI=1S/C16H9N/c1-4-11-7-8-12(5-2)16-13(6-3)9-14(17)10-15(11)16/h1-3,7-10H,17H2. The molecule has 0 bridgehead atoms. The maximum absolute atomic E-state index is 5.80. The average Bonchev–Trinajstić information content (AvgIpc) is 2.36. The van der Waals surface area contributed by atoms with Gasteiger partial charge in [-0.2, -0.15) is 0 Å². The minimum absolute atomic E-state index is 0.580. The lowest BCUT2D eigenvalue weighted by atomic mass is 9.95. The molecule has 1 heteroatoms. The predicted octanol–water partition coefficient (Wildman–Crippen LogP) is 2.37. The van der Waals surface area contributed by atoms with E-state index in [1.54, 1.807) is 24.3 Å². The van der Waals surface area contributed by atoms with Crippen LogP contribution in [-0.4, -0.2) is 0 Å². The highest BCUT2D eigenvalue weighted by atomic mass is 14.5. The van der Waals surface area contributed by atoms with E-state index in [1.165, 1.54) is 0 Å². The zero-order valence-corrected chi connectivity index (χ0v) is 9.12. The van der Waals surface area contributed by atoms with E-state index in [1.807, 2.05) is 0 Å². The largest absolute Gasteiger partial charge is 0.399 e. The van der Waals surface area contributed by atoms with Gasteiger partial charge in [0.1, 0.15) is 0 Å². The van der Waals surface area contributed by atoms with E-state index < -0.39 is 0 Å². The van der Waals surface area contributed by atoms with Crippen molar-refractivity contribution in [2.24, 2.45) is 0 Å². The third-order valence-corrected chi connectivity index (χ3v) is 2.60. The molecule has 0 saturated carbocycles. The van der Waals surface area contributed by atoms with Crippen LogP contribution in [0.4, 0.5) is 5.69 Å². The van der Waals surface area contributed by atoms with E-state index >= 15 is 0 Å². The van der Waals surface area contributed by atoms with Gasteiger partial charge in [-0.1, -0.05) is 17.8 Å². The number of anilines is 1. The second kappa shape index (κ2) is 3.97. The van der Waals surface area contributed by atoms with Crippen LogP contribution in [-0.2, 0) is 0 Å². The highest BCUT2D eigenvalue weighted by Gasteiger charge is 2.08. The van der Waals surface area contributed by atoms with Gasteiger partial charge in [0.2, 0.25) is 0 Å². The molecule has 0 aliphatic carbocycles. The second-order valence-electron chi connectivity index (χ2n) is 3.58. The number of benzene rings is 2. The minimum atomic E-state index is 0.580. The van der Waals surface area contributed by atoms with E-state index in [0.29, 0.717) is 11.3 Å². The molecule has 0 aliphatic heterocycles. The van der Waals surface area contributed by atoms with Crippen molar-refractivity contribution >= 4 is 16.5 Å². The van der Waals surface area contributed by atoms with Crippen molar-refractivity contribution in [3.05, 3.63) is 41.0 Å². The molecule has 0 aromatic heterocycles. The van der Waals surface area contributed by atoms with Gasteiger partial charge in [-0.05, 0) is 24.3 Å². The summed E-state index contributed by atoms with van der Waals surface area (Å²) in [6, 6.07) is 7.13. The zero-order chi connectivity index (χ0) is 12.4. The van der Waals surface area contributed by atoms with Gasteiger partial charge in [-0.25, -0.2) is 0 Å². The molecule has 0 spiro atoms. The fraction of sp³-hybridized carbons (Fsp3) is 0. The summed E-state index contributed by atoms with van der Waals surface area (Å²) in [5, 5.41) is 1.65. The molecule has 0 atom stereocenters. The highest BCUT2D eigenvalue weighted by Crippen LogP contribution is 2.28. The molecule has 2 aromatic carbocycles. The van der Waals surface area contributed by atoms with Crippen LogP contribution in [0.2, 0.25) is 0 Å². The quantitative estimate of drug-likeness (QED) is 0.530. The normalized spacial score (nSPS) is 9.24. The summed E-state index contributed by atoms with van der Waals surface area (Å²) in [7, 11) is 0. The first-order chi connectivity index (χ1) is 8.21.